The molecule has 56 heavy (non-hydrogen) atoms. The lowest BCUT2D eigenvalue weighted by atomic mass is 10.0. The largest absolute Gasteiger partial charge is 0.472 e. The van der Waals surface area contributed by atoms with Crippen molar-refractivity contribution >= 4 is 19.8 Å². The molecule has 0 radical (unpaired) electrons. The van der Waals surface area contributed by atoms with Crippen LogP contribution in [0.25, 0.3) is 0 Å². The maximum atomic E-state index is 12.6. The van der Waals surface area contributed by atoms with Crippen LogP contribution in [-0.4, -0.2) is 65.7 Å². The highest BCUT2D eigenvalue weighted by Gasteiger charge is 2.27. The summed E-state index contributed by atoms with van der Waals surface area (Å²) in [5.41, 5.74) is 0. The lowest BCUT2D eigenvalue weighted by Gasteiger charge is -2.20. The zero-order valence-corrected chi connectivity index (χ0v) is 36.2. The Morgan fingerprint density at radius 3 is 1.48 bits per heavy atom. The molecule has 0 aliphatic heterocycles. The minimum atomic E-state index is -4.63. The van der Waals surface area contributed by atoms with E-state index in [9.17, 15) is 24.2 Å². The summed E-state index contributed by atoms with van der Waals surface area (Å²) in [6, 6.07) is 0. The highest BCUT2D eigenvalue weighted by molar-refractivity contribution is 7.47. The van der Waals surface area contributed by atoms with E-state index in [-0.39, 0.29) is 19.4 Å². The lowest BCUT2D eigenvalue weighted by molar-refractivity contribution is -0.161. The summed E-state index contributed by atoms with van der Waals surface area (Å²) in [7, 11) is -4.63. The van der Waals surface area contributed by atoms with Gasteiger partial charge in [0.1, 0.15) is 12.7 Å². The van der Waals surface area contributed by atoms with Gasteiger partial charge in [0.2, 0.25) is 0 Å². The van der Waals surface area contributed by atoms with Crippen LogP contribution in [0, 0.1) is 0 Å². The van der Waals surface area contributed by atoms with Gasteiger partial charge in [-0.05, 0) is 51.4 Å². The molecule has 0 aliphatic rings. The molecular weight excluding hydrogens is 731 g/mol. The molecule has 326 valence electrons. The third kappa shape index (κ3) is 40.1. The minimum absolute atomic E-state index is 0.132. The van der Waals surface area contributed by atoms with Crippen molar-refractivity contribution < 1.29 is 47.8 Å². The zero-order chi connectivity index (χ0) is 41.2. The SMILES string of the molecule is CC/C=C\C/C=C\C/C=C\C/C=C\CCCCC(=O)OC(COC(=O)CCCCCCCCCCCCCCCCCCCC)COP(=O)(O)OCC(O)CO. The molecular formula is C45H81O10P. The fraction of sp³-hybridized carbons (Fsp3) is 0.778. The molecule has 0 heterocycles. The Morgan fingerprint density at radius 1 is 0.554 bits per heavy atom. The molecule has 0 aromatic rings. The molecule has 0 saturated carbocycles. The second-order valence-electron chi connectivity index (χ2n) is 14.7. The van der Waals surface area contributed by atoms with Gasteiger partial charge < -0.3 is 24.6 Å². The molecule has 0 bridgehead atoms. The van der Waals surface area contributed by atoms with Gasteiger partial charge in [0.15, 0.2) is 6.10 Å². The number of hydrogen-bond donors (Lipinski definition) is 3. The first-order valence-electron chi connectivity index (χ1n) is 22.1. The number of hydrogen-bond acceptors (Lipinski definition) is 9. The maximum Gasteiger partial charge on any atom is 0.472 e. The Labute approximate surface area is 341 Å². The van der Waals surface area contributed by atoms with Gasteiger partial charge in [0, 0.05) is 12.8 Å². The van der Waals surface area contributed by atoms with Crippen LogP contribution in [0.4, 0.5) is 0 Å². The summed E-state index contributed by atoms with van der Waals surface area (Å²) in [6.45, 7) is 2.23. The first kappa shape index (κ1) is 53.9. The third-order valence-corrected chi connectivity index (χ3v) is 10.2. The Balaban J connectivity index is 4.31. The number of carbonyl (C=O) groups is 2. The number of unbranched alkanes of at least 4 members (excludes halogenated alkanes) is 19. The van der Waals surface area contributed by atoms with Gasteiger partial charge in [-0.25, -0.2) is 4.57 Å². The Hall–Kier alpha value is -2.07. The molecule has 0 amide bonds. The van der Waals surface area contributed by atoms with Crippen LogP contribution in [0.15, 0.2) is 48.6 Å². The number of carbonyl (C=O) groups excluding carboxylic acids is 2. The first-order valence-corrected chi connectivity index (χ1v) is 23.6. The number of rotatable bonds is 41. The van der Waals surface area contributed by atoms with Crippen molar-refractivity contribution in [3.8, 4) is 0 Å². The van der Waals surface area contributed by atoms with Crippen LogP contribution in [0.3, 0.4) is 0 Å². The summed E-state index contributed by atoms with van der Waals surface area (Å²) in [5.74, 6) is -0.970. The topological polar surface area (TPSA) is 149 Å². The molecule has 0 rings (SSSR count). The molecule has 0 spiro atoms. The molecule has 0 saturated heterocycles. The third-order valence-electron chi connectivity index (χ3n) is 9.25. The lowest BCUT2D eigenvalue weighted by Crippen LogP contribution is -2.29. The summed E-state index contributed by atoms with van der Waals surface area (Å²) in [6.07, 6.45) is 43.7. The minimum Gasteiger partial charge on any atom is -0.462 e. The first-order chi connectivity index (χ1) is 27.2. The van der Waals surface area contributed by atoms with E-state index in [0.29, 0.717) is 12.8 Å². The zero-order valence-electron chi connectivity index (χ0n) is 35.3. The van der Waals surface area contributed by atoms with E-state index in [1.54, 1.807) is 0 Å². The molecule has 11 heteroatoms. The van der Waals surface area contributed by atoms with Crippen LogP contribution < -0.4 is 0 Å². The van der Waals surface area contributed by atoms with Gasteiger partial charge in [0.05, 0.1) is 19.8 Å². The summed E-state index contributed by atoms with van der Waals surface area (Å²) in [5, 5.41) is 18.3. The number of phosphoric ester groups is 1. The molecule has 0 aromatic heterocycles. The van der Waals surface area contributed by atoms with Crippen LogP contribution in [-0.2, 0) is 32.7 Å². The van der Waals surface area contributed by atoms with E-state index < -0.39 is 51.8 Å². The number of esters is 2. The maximum absolute atomic E-state index is 12.6. The van der Waals surface area contributed by atoms with Gasteiger partial charge >= 0.3 is 19.8 Å². The van der Waals surface area contributed by atoms with Gasteiger partial charge in [-0.15, -0.1) is 0 Å². The number of allylic oxidation sites excluding steroid dienone is 8. The van der Waals surface area contributed by atoms with Gasteiger partial charge in [-0.1, -0.05) is 172 Å². The molecule has 3 atom stereocenters. The Bertz CT molecular complexity index is 1070. The van der Waals surface area contributed by atoms with Crippen molar-refractivity contribution in [2.24, 2.45) is 0 Å². The van der Waals surface area contributed by atoms with Crippen molar-refractivity contribution in [1.29, 1.82) is 0 Å². The summed E-state index contributed by atoms with van der Waals surface area (Å²) < 4.78 is 32.7. The van der Waals surface area contributed by atoms with Gasteiger partial charge in [-0.2, -0.15) is 0 Å². The van der Waals surface area contributed by atoms with E-state index in [1.807, 2.05) is 0 Å². The molecule has 10 nitrogen and oxygen atoms in total. The molecule has 3 unspecified atom stereocenters. The monoisotopic (exact) mass is 813 g/mol. The fourth-order valence-electron chi connectivity index (χ4n) is 5.87. The smallest absolute Gasteiger partial charge is 0.462 e. The van der Waals surface area contributed by atoms with Crippen LogP contribution >= 0.6 is 7.82 Å². The fourth-order valence-corrected chi connectivity index (χ4v) is 6.66. The highest BCUT2D eigenvalue weighted by Crippen LogP contribution is 2.43. The Morgan fingerprint density at radius 2 is 0.982 bits per heavy atom. The van der Waals surface area contributed by atoms with Crippen molar-refractivity contribution in [3.05, 3.63) is 48.6 Å². The summed E-state index contributed by atoms with van der Waals surface area (Å²) in [4.78, 5) is 35.0. The van der Waals surface area contributed by atoms with Crippen LogP contribution in [0.1, 0.15) is 187 Å². The number of phosphoric acid groups is 1. The standard InChI is InChI=1S/C45H81O10P/c1-3-5-7-9-11-13-15-17-19-20-21-23-24-26-28-30-32-34-36-44(48)52-40-43(41-54-56(50,51)53-39-42(47)38-46)55-45(49)37-35-33-31-29-27-25-22-18-16-14-12-10-8-6-4-2/h6,8,12,14,18,22,27,29,42-43,46-47H,3-5,7,9-11,13,15-17,19-21,23-26,28,30-41H2,1-2H3,(H,50,51)/b8-6-,14-12-,22-18-,29-27-. The predicted molar refractivity (Wildman–Crippen MR) is 228 cm³/mol. The average Bonchev–Trinajstić information content (AvgIpc) is 3.19. The van der Waals surface area contributed by atoms with Crippen LogP contribution in [0.2, 0.25) is 0 Å². The second-order valence-corrected chi connectivity index (χ2v) is 16.2. The van der Waals surface area contributed by atoms with Crippen molar-refractivity contribution in [1.82, 2.24) is 0 Å². The summed E-state index contributed by atoms with van der Waals surface area (Å²) >= 11 is 0. The molecule has 3 N–H and O–H groups in total. The van der Waals surface area contributed by atoms with Crippen molar-refractivity contribution in [2.75, 3.05) is 26.4 Å². The highest BCUT2D eigenvalue weighted by atomic mass is 31.2. The van der Waals surface area contributed by atoms with Gasteiger partial charge in [-0.3, -0.25) is 18.6 Å². The molecule has 0 aromatic carbocycles. The van der Waals surface area contributed by atoms with E-state index in [1.165, 1.54) is 89.9 Å². The normalized spacial score (nSPS) is 14.3. The second kappa shape index (κ2) is 41.1. The van der Waals surface area contributed by atoms with E-state index in [0.717, 1.165) is 57.8 Å². The number of aliphatic hydroxyl groups excluding tert-OH is 2. The van der Waals surface area contributed by atoms with Crippen LogP contribution in [0.5, 0.6) is 0 Å². The predicted octanol–water partition coefficient (Wildman–Crippen LogP) is 11.7. The average molecular weight is 813 g/mol. The van der Waals surface area contributed by atoms with E-state index in [2.05, 4.69) is 67.0 Å². The van der Waals surface area contributed by atoms with Crippen molar-refractivity contribution in [3.63, 3.8) is 0 Å². The van der Waals surface area contributed by atoms with Crippen molar-refractivity contribution in [2.45, 2.75) is 199 Å². The number of aliphatic hydroxyl groups is 2. The molecule has 0 fully saturated rings. The van der Waals surface area contributed by atoms with E-state index >= 15 is 0 Å². The quantitative estimate of drug-likeness (QED) is 0.0236. The van der Waals surface area contributed by atoms with Gasteiger partial charge in [0.25, 0.3) is 0 Å². The molecule has 0 aliphatic carbocycles. The number of ether oxygens (including phenoxy) is 2. The Kier molecular flexibility index (Phi) is 39.6. The van der Waals surface area contributed by atoms with E-state index in [4.69, 9.17) is 19.1 Å².